The van der Waals surface area contributed by atoms with E-state index in [1.54, 1.807) is 0 Å². The Morgan fingerprint density at radius 2 is 1.17 bits per heavy atom. The largest absolute Gasteiger partial charge is 0.358 e. The Bertz CT molecular complexity index is 1410. The van der Waals surface area contributed by atoms with Crippen molar-refractivity contribution in [1.29, 1.82) is 0 Å². The third kappa shape index (κ3) is 2.54. The first-order valence-electron chi connectivity index (χ1n) is 10.2. The molecule has 0 bridgehead atoms. The minimum absolute atomic E-state index is 0.918. The van der Waals surface area contributed by atoms with Crippen molar-refractivity contribution in [3.63, 3.8) is 0 Å². The second-order valence-corrected chi connectivity index (χ2v) is 7.07. The summed E-state index contributed by atoms with van der Waals surface area (Å²) >= 11 is 0. The second-order valence-electron chi connectivity index (χ2n) is 7.07. The lowest BCUT2D eigenvalue weighted by Gasteiger charge is -2.05. The van der Waals surface area contributed by atoms with Gasteiger partial charge in [-0.25, -0.2) is 4.98 Å². The summed E-state index contributed by atoms with van der Waals surface area (Å²) in [5.74, 6) is 0.918. The van der Waals surface area contributed by atoms with Gasteiger partial charge >= 0.3 is 0 Å². The normalized spacial score (nSPS) is 11.3. The molecule has 6 rings (SSSR count). The molecule has 0 saturated carbocycles. The van der Waals surface area contributed by atoms with Crippen molar-refractivity contribution >= 4 is 43.5 Å². The van der Waals surface area contributed by atoms with Gasteiger partial charge in [0.05, 0.1) is 11.0 Å². The maximum absolute atomic E-state index is 5.07. The molecule has 0 aliphatic carbocycles. The quantitative estimate of drug-likeness (QED) is 0.289. The van der Waals surface area contributed by atoms with Crippen LogP contribution in [0.25, 0.3) is 54.9 Å². The van der Waals surface area contributed by atoms with Crippen LogP contribution in [0, 0.1) is 6.92 Å². The van der Waals surface area contributed by atoms with E-state index in [1.807, 2.05) is 13.8 Å². The molecule has 3 nitrogen and oxygen atoms in total. The number of H-pyrrole nitrogens is 2. The lowest BCUT2D eigenvalue weighted by molar-refractivity contribution is 1.26. The SMILES string of the molecule is CC.Cc1[nH]c2ccccc2c1-c1nc2c3ccccc3c3ccccc3c2[nH]1. The van der Waals surface area contributed by atoms with Gasteiger partial charge in [0.2, 0.25) is 0 Å². The lowest BCUT2D eigenvalue weighted by Crippen LogP contribution is -1.81. The van der Waals surface area contributed by atoms with Crippen molar-refractivity contribution in [2.45, 2.75) is 20.8 Å². The van der Waals surface area contributed by atoms with Gasteiger partial charge in [-0.15, -0.1) is 0 Å². The highest BCUT2D eigenvalue weighted by molar-refractivity contribution is 6.23. The zero-order chi connectivity index (χ0) is 20.0. The van der Waals surface area contributed by atoms with Crippen LogP contribution in [0.3, 0.4) is 0 Å². The number of nitrogens with one attached hydrogen (secondary N) is 2. The van der Waals surface area contributed by atoms with Crippen LogP contribution in [0.15, 0.2) is 72.8 Å². The van der Waals surface area contributed by atoms with Crippen LogP contribution >= 0.6 is 0 Å². The smallest absolute Gasteiger partial charge is 0.140 e. The van der Waals surface area contributed by atoms with Gasteiger partial charge in [0.15, 0.2) is 0 Å². The van der Waals surface area contributed by atoms with Gasteiger partial charge in [-0.3, -0.25) is 0 Å². The Balaban J connectivity index is 0.000000882. The van der Waals surface area contributed by atoms with Crippen molar-refractivity contribution in [1.82, 2.24) is 15.0 Å². The van der Waals surface area contributed by atoms with Crippen LogP contribution < -0.4 is 0 Å². The molecule has 0 atom stereocenters. The van der Waals surface area contributed by atoms with Crippen molar-refractivity contribution in [2.24, 2.45) is 0 Å². The minimum atomic E-state index is 0.918. The first-order chi connectivity index (χ1) is 14.3. The number of hydrogen-bond donors (Lipinski definition) is 2. The van der Waals surface area contributed by atoms with Crippen LogP contribution in [0.4, 0.5) is 0 Å². The second kappa shape index (κ2) is 6.78. The van der Waals surface area contributed by atoms with E-state index in [9.17, 15) is 0 Å². The van der Waals surface area contributed by atoms with Gasteiger partial charge < -0.3 is 9.97 Å². The lowest BCUT2D eigenvalue weighted by atomic mass is 10.0. The van der Waals surface area contributed by atoms with Crippen LogP contribution in [-0.4, -0.2) is 15.0 Å². The number of benzene rings is 4. The fourth-order valence-corrected chi connectivity index (χ4v) is 4.32. The number of aromatic nitrogens is 3. The van der Waals surface area contributed by atoms with E-state index in [-0.39, 0.29) is 0 Å². The molecule has 0 fully saturated rings. The Morgan fingerprint density at radius 1 is 0.621 bits per heavy atom. The molecule has 2 heterocycles. The molecule has 4 aromatic carbocycles. The average molecular weight is 377 g/mol. The van der Waals surface area contributed by atoms with E-state index < -0.39 is 0 Å². The predicted molar refractivity (Wildman–Crippen MR) is 124 cm³/mol. The van der Waals surface area contributed by atoms with Gasteiger partial charge in [0, 0.05) is 32.9 Å². The molecule has 0 aliphatic heterocycles. The van der Waals surface area contributed by atoms with E-state index in [0.29, 0.717) is 0 Å². The molecule has 3 heteroatoms. The summed E-state index contributed by atoms with van der Waals surface area (Å²) in [7, 11) is 0. The van der Waals surface area contributed by atoms with Crippen molar-refractivity contribution in [3.8, 4) is 11.4 Å². The number of imidazole rings is 1. The van der Waals surface area contributed by atoms with Crippen LogP contribution in [0.1, 0.15) is 19.5 Å². The Kier molecular flexibility index (Phi) is 4.09. The molecule has 0 amide bonds. The first-order valence-corrected chi connectivity index (χ1v) is 10.2. The zero-order valence-electron chi connectivity index (χ0n) is 16.9. The molecule has 0 saturated heterocycles. The van der Waals surface area contributed by atoms with E-state index in [1.165, 1.54) is 26.9 Å². The molecular formula is C26H23N3. The van der Waals surface area contributed by atoms with E-state index in [0.717, 1.165) is 33.6 Å². The molecule has 142 valence electrons. The van der Waals surface area contributed by atoms with E-state index in [4.69, 9.17) is 4.98 Å². The van der Waals surface area contributed by atoms with Crippen molar-refractivity contribution < 1.29 is 0 Å². The van der Waals surface area contributed by atoms with Gasteiger partial charge in [-0.1, -0.05) is 80.6 Å². The summed E-state index contributed by atoms with van der Waals surface area (Å²) in [4.78, 5) is 12.2. The summed E-state index contributed by atoms with van der Waals surface area (Å²) in [5, 5.41) is 6.09. The predicted octanol–water partition coefficient (Wildman–Crippen LogP) is 7.35. The number of para-hydroxylation sites is 1. The van der Waals surface area contributed by atoms with Crippen LogP contribution in [0.5, 0.6) is 0 Å². The highest BCUT2D eigenvalue weighted by Gasteiger charge is 2.17. The van der Waals surface area contributed by atoms with Crippen molar-refractivity contribution in [3.05, 3.63) is 78.5 Å². The molecule has 0 unspecified atom stereocenters. The van der Waals surface area contributed by atoms with Crippen molar-refractivity contribution in [2.75, 3.05) is 0 Å². The Morgan fingerprint density at radius 3 is 1.90 bits per heavy atom. The molecule has 0 aliphatic rings. The van der Waals surface area contributed by atoms with Crippen LogP contribution in [0.2, 0.25) is 0 Å². The molecule has 0 spiro atoms. The molecule has 2 aromatic heterocycles. The standard InChI is InChI=1S/C24H17N3.C2H6/c1-14-21(19-12-6-7-13-20(19)25-14)24-26-22-17-10-4-2-8-15(17)16-9-3-5-11-18(16)23(22)27-24;1-2/h2-13,25H,1H3,(H,26,27);1-2H3. The number of fused-ring (bicyclic) bond motifs is 7. The number of rotatable bonds is 1. The topological polar surface area (TPSA) is 44.5 Å². The van der Waals surface area contributed by atoms with E-state index in [2.05, 4.69) is 89.7 Å². The summed E-state index contributed by atoms with van der Waals surface area (Å²) in [6.45, 7) is 6.11. The fraction of sp³-hybridized carbons (Fsp3) is 0.115. The third-order valence-electron chi connectivity index (χ3n) is 5.50. The molecule has 6 aromatic rings. The van der Waals surface area contributed by atoms with Gasteiger partial charge in [-0.2, -0.15) is 0 Å². The molecule has 29 heavy (non-hydrogen) atoms. The number of aryl methyl sites for hydroxylation is 1. The third-order valence-corrected chi connectivity index (χ3v) is 5.50. The fourth-order valence-electron chi connectivity index (χ4n) is 4.32. The Hall–Kier alpha value is -3.59. The van der Waals surface area contributed by atoms with Crippen LogP contribution in [-0.2, 0) is 0 Å². The summed E-state index contributed by atoms with van der Waals surface area (Å²) < 4.78 is 0. The Labute approximate surface area is 169 Å². The molecular weight excluding hydrogens is 354 g/mol. The maximum atomic E-state index is 5.07. The summed E-state index contributed by atoms with van der Waals surface area (Å²) in [5.41, 5.74) is 5.55. The molecule has 2 N–H and O–H groups in total. The summed E-state index contributed by atoms with van der Waals surface area (Å²) in [6, 6.07) is 25.5. The maximum Gasteiger partial charge on any atom is 0.140 e. The summed E-state index contributed by atoms with van der Waals surface area (Å²) in [6.07, 6.45) is 0. The number of aromatic amines is 2. The molecule has 0 radical (unpaired) electrons. The van der Waals surface area contributed by atoms with Gasteiger partial charge in [0.25, 0.3) is 0 Å². The zero-order valence-corrected chi connectivity index (χ0v) is 16.9. The monoisotopic (exact) mass is 377 g/mol. The first kappa shape index (κ1) is 17.5. The highest BCUT2D eigenvalue weighted by Crippen LogP contribution is 2.37. The van der Waals surface area contributed by atoms with Gasteiger partial charge in [0.1, 0.15) is 5.82 Å². The number of hydrogen-bond acceptors (Lipinski definition) is 1. The van der Waals surface area contributed by atoms with Gasteiger partial charge in [-0.05, 0) is 23.8 Å². The average Bonchev–Trinajstić information content (AvgIpc) is 3.36. The van der Waals surface area contributed by atoms with E-state index >= 15 is 0 Å². The minimum Gasteiger partial charge on any atom is -0.358 e. The highest BCUT2D eigenvalue weighted by atomic mass is 14.9. The number of nitrogens with zero attached hydrogens (tertiary/aromatic N) is 1.